The summed E-state index contributed by atoms with van der Waals surface area (Å²) in [6, 6.07) is 10.7. The van der Waals surface area contributed by atoms with Gasteiger partial charge >= 0.3 is 0 Å². The fourth-order valence-corrected chi connectivity index (χ4v) is 3.47. The lowest BCUT2D eigenvalue weighted by molar-refractivity contribution is 0.0486. The van der Waals surface area contributed by atoms with E-state index in [4.69, 9.17) is 19.2 Å². The van der Waals surface area contributed by atoms with Gasteiger partial charge in [0.25, 0.3) is 0 Å². The van der Waals surface area contributed by atoms with Gasteiger partial charge < -0.3 is 24.8 Å². The predicted molar refractivity (Wildman–Crippen MR) is 119 cm³/mol. The van der Waals surface area contributed by atoms with E-state index in [0.29, 0.717) is 19.8 Å². The molecule has 1 aliphatic heterocycles. The summed E-state index contributed by atoms with van der Waals surface area (Å²) in [5.41, 5.74) is 1.41. The van der Waals surface area contributed by atoms with E-state index in [-0.39, 0.29) is 5.41 Å². The van der Waals surface area contributed by atoms with Gasteiger partial charge in [-0.3, -0.25) is 4.99 Å². The second-order valence-electron chi connectivity index (χ2n) is 7.46. The lowest BCUT2D eigenvalue weighted by atomic mass is 9.74. The highest BCUT2D eigenvalue weighted by atomic mass is 16.5. The molecule has 1 aromatic rings. The normalized spacial score (nSPS) is 16.6. The summed E-state index contributed by atoms with van der Waals surface area (Å²) in [5, 5.41) is 6.73. The van der Waals surface area contributed by atoms with Crippen molar-refractivity contribution in [3.05, 3.63) is 35.9 Å². The average Bonchev–Trinajstić information content (AvgIpc) is 2.77. The smallest absolute Gasteiger partial charge is 0.191 e. The molecule has 6 nitrogen and oxygen atoms in total. The molecule has 29 heavy (non-hydrogen) atoms. The molecule has 0 atom stereocenters. The first-order valence-electron chi connectivity index (χ1n) is 11.1. The minimum absolute atomic E-state index is 0.0498. The average molecular weight is 406 g/mol. The zero-order chi connectivity index (χ0) is 20.6. The van der Waals surface area contributed by atoms with Gasteiger partial charge in [-0.05, 0) is 31.7 Å². The molecule has 0 unspecified atom stereocenters. The van der Waals surface area contributed by atoms with Crippen molar-refractivity contribution in [3.63, 3.8) is 0 Å². The highest BCUT2D eigenvalue weighted by Gasteiger charge is 2.34. The molecule has 1 heterocycles. The summed E-state index contributed by atoms with van der Waals surface area (Å²) in [6.45, 7) is 10.9. The predicted octanol–water partition coefficient (Wildman–Crippen LogP) is 3.12. The molecule has 2 N–H and O–H groups in total. The van der Waals surface area contributed by atoms with Crippen LogP contribution in [0.5, 0.6) is 0 Å². The molecule has 0 spiro atoms. The van der Waals surface area contributed by atoms with Crippen molar-refractivity contribution in [2.45, 2.75) is 44.9 Å². The summed E-state index contributed by atoms with van der Waals surface area (Å²) in [5.74, 6) is 0.845. The van der Waals surface area contributed by atoms with Crippen molar-refractivity contribution >= 4 is 5.96 Å². The van der Waals surface area contributed by atoms with Crippen molar-refractivity contribution in [2.24, 2.45) is 4.99 Å². The van der Waals surface area contributed by atoms with E-state index in [1.54, 1.807) is 0 Å². The second kappa shape index (κ2) is 14.4. The highest BCUT2D eigenvalue weighted by Crippen LogP contribution is 2.35. The van der Waals surface area contributed by atoms with Gasteiger partial charge in [0, 0.05) is 38.3 Å². The molecule has 164 valence electrons. The van der Waals surface area contributed by atoms with Crippen LogP contribution in [0.25, 0.3) is 0 Å². The van der Waals surface area contributed by atoms with Crippen molar-refractivity contribution in [3.8, 4) is 0 Å². The van der Waals surface area contributed by atoms with Crippen LogP contribution < -0.4 is 10.6 Å². The van der Waals surface area contributed by atoms with Gasteiger partial charge in [-0.2, -0.15) is 0 Å². The van der Waals surface area contributed by atoms with Crippen LogP contribution in [-0.2, 0) is 19.6 Å². The molecule has 1 aliphatic rings. The Labute approximate surface area is 176 Å². The Morgan fingerprint density at radius 1 is 1.00 bits per heavy atom. The van der Waals surface area contributed by atoms with Crippen LogP contribution in [0, 0.1) is 0 Å². The van der Waals surface area contributed by atoms with Crippen LogP contribution in [0.4, 0.5) is 0 Å². The van der Waals surface area contributed by atoms with E-state index in [2.05, 4.69) is 54.8 Å². The number of nitrogens with one attached hydrogen (secondary N) is 2. The zero-order valence-electron chi connectivity index (χ0n) is 18.3. The van der Waals surface area contributed by atoms with Crippen molar-refractivity contribution in [1.82, 2.24) is 10.6 Å². The van der Waals surface area contributed by atoms with Crippen molar-refractivity contribution in [2.75, 3.05) is 59.3 Å². The summed E-state index contributed by atoms with van der Waals surface area (Å²) in [6.07, 6.45) is 4.28. The molecule has 0 bridgehead atoms. The molecular formula is C23H39N3O3. The highest BCUT2D eigenvalue weighted by molar-refractivity contribution is 5.79. The summed E-state index contributed by atoms with van der Waals surface area (Å²) >= 11 is 0. The van der Waals surface area contributed by atoms with Crippen LogP contribution in [0.3, 0.4) is 0 Å². The van der Waals surface area contributed by atoms with Gasteiger partial charge in [-0.1, -0.05) is 43.7 Å². The van der Waals surface area contributed by atoms with E-state index in [1.165, 1.54) is 5.56 Å². The Morgan fingerprint density at radius 2 is 1.72 bits per heavy atom. The number of hydrogen-bond acceptors (Lipinski definition) is 4. The Kier molecular flexibility index (Phi) is 11.7. The maximum absolute atomic E-state index is 5.64. The number of hydrogen-bond donors (Lipinski definition) is 2. The third kappa shape index (κ3) is 8.72. The molecule has 0 saturated carbocycles. The van der Waals surface area contributed by atoms with Gasteiger partial charge in [0.2, 0.25) is 0 Å². The van der Waals surface area contributed by atoms with E-state index >= 15 is 0 Å². The molecule has 1 aromatic carbocycles. The minimum Gasteiger partial charge on any atom is -0.381 e. The summed E-state index contributed by atoms with van der Waals surface area (Å²) < 4.78 is 16.8. The number of aliphatic imine (C=N–C) groups is 1. The largest absolute Gasteiger partial charge is 0.381 e. The summed E-state index contributed by atoms with van der Waals surface area (Å²) in [4.78, 5) is 4.91. The summed E-state index contributed by atoms with van der Waals surface area (Å²) in [7, 11) is 0. The lowest BCUT2D eigenvalue weighted by Gasteiger charge is -2.36. The minimum atomic E-state index is 0.0498. The first-order valence-corrected chi connectivity index (χ1v) is 11.1. The van der Waals surface area contributed by atoms with Crippen molar-refractivity contribution in [1.29, 1.82) is 0 Å². The third-order valence-electron chi connectivity index (χ3n) is 5.27. The molecule has 6 heteroatoms. The number of ether oxygens (including phenoxy) is 3. The molecule has 1 fully saturated rings. The number of guanidine groups is 1. The monoisotopic (exact) mass is 405 g/mol. The molecule has 2 rings (SSSR count). The third-order valence-corrected chi connectivity index (χ3v) is 5.27. The maximum atomic E-state index is 5.64. The van der Waals surface area contributed by atoms with Gasteiger partial charge in [0.05, 0.1) is 26.4 Å². The van der Waals surface area contributed by atoms with Crippen LogP contribution >= 0.6 is 0 Å². The number of unbranched alkanes of at least 4 members (excludes halogenated alkanes) is 1. The zero-order valence-corrected chi connectivity index (χ0v) is 18.3. The fourth-order valence-electron chi connectivity index (χ4n) is 3.47. The SMILES string of the molecule is CCCCOCCOCCNC(=NCC1(c2ccccc2)CCOCC1)NCC. The van der Waals surface area contributed by atoms with Crippen molar-refractivity contribution < 1.29 is 14.2 Å². The Morgan fingerprint density at radius 3 is 2.41 bits per heavy atom. The first-order chi connectivity index (χ1) is 14.3. The molecule has 0 aromatic heterocycles. The van der Waals surface area contributed by atoms with E-state index < -0.39 is 0 Å². The van der Waals surface area contributed by atoms with E-state index in [9.17, 15) is 0 Å². The van der Waals surface area contributed by atoms with Crippen LogP contribution in [0.1, 0.15) is 45.1 Å². The van der Waals surface area contributed by atoms with Gasteiger partial charge in [-0.25, -0.2) is 0 Å². The second-order valence-corrected chi connectivity index (χ2v) is 7.46. The molecule has 0 aliphatic carbocycles. The number of rotatable bonds is 13. The van der Waals surface area contributed by atoms with Crippen LogP contribution in [-0.4, -0.2) is 65.2 Å². The molecular weight excluding hydrogens is 366 g/mol. The Hall–Kier alpha value is -1.63. The molecule has 0 radical (unpaired) electrons. The Balaban J connectivity index is 1.80. The number of benzene rings is 1. The van der Waals surface area contributed by atoms with E-state index in [1.807, 2.05) is 0 Å². The lowest BCUT2D eigenvalue weighted by Crippen LogP contribution is -2.42. The first kappa shape index (κ1) is 23.6. The fraction of sp³-hybridized carbons (Fsp3) is 0.696. The molecule has 1 saturated heterocycles. The number of nitrogens with zero attached hydrogens (tertiary/aromatic N) is 1. The van der Waals surface area contributed by atoms with Crippen LogP contribution in [0.2, 0.25) is 0 Å². The quantitative estimate of drug-likeness (QED) is 0.300. The Bertz CT molecular complexity index is 560. The van der Waals surface area contributed by atoms with E-state index in [0.717, 1.165) is 71.1 Å². The van der Waals surface area contributed by atoms with Gasteiger partial charge in [0.1, 0.15) is 0 Å². The topological polar surface area (TPSA) is 64.1 Å². The van der Waals surface area contributed by atoms with Crippen LogP contribution in [0.15, 0.2) is 35.3 Å². The molecule has 0 amide bonds. The van der Waals surface area contributed by atoms with Gasteiger partial charge in [-0.15, -0.1) is 0 Å². The standard InChI is InChI=1S/C23H39N3O3/c1-3-5-14-27-18-19-29-17-13-25-22(24-4-2)26-20-23(11-15-28-16-12-23)21-9-7-6-8-10-21/h6-10H,3-5,11-20H2,1-2H3,(H2,24,25,26). The van der Waals surface area contributed by atoms with Gasteiger partial charge in [0.15, 0.2) is 5.96 Å². The maximum Gasteiger partial charge on any atom is 0.191 e.